The predicted octanol–water partition coefficient (Wildman–Crippen LogP) is 3.90. The van der Waals surface area contributed by atoms with Gasteiger partial charge in [0.1, 0.15) is 5.65 Å². The Balaban J connectivity index is 0.000000262. The standard InChI is InChI=1S/C10H11N3.C4H10.C2H6/c1-2-7-8-6-11-5-3-9(8)13-10(7)12-4-1;1-4(2)3;1-2/h1-2,4,11H,3,5-6H2,(H,12,13);4H,1-3H3;1-2H3. The summed E-state index contributed by atoms with van der Waals surface area (Å²) < 4.78 is 0. The molecular formula is C16H27N3. The van der Waals surface area contributed by atoms with Gasteiger partial charge in [0.25, 0.3) is 0 Å². The van der Waals surface area contributed by atoms with E-state index in [1.54, 1.807) is 0 Å². The Labute approximate surface area is 116 Å². The second-order valence-corrected chi connectivity index (χ2v) is 5.14. The van der Waals surface area contributed by atoms with Crippen molar-refractivity contribution in [3.8, 4) is 0 Å². The molecular weight excluding hydrogens is 234 g/mol. The van der Waals surface area contributed by atoms with Crippen molar-refractivity contribution in [2.45, 2.75) is 47.6 Å². The van der Waals surface area contributed by atoms with Gasteiger partial charge in [-0.3, -0.25) is 0 Å². The van der Waals surface area contributed by atoms with Gasteiger partial charge < -0.3 is 10.3 Å². The molecule has 106 valence electrons. The van der Waals surface area contributed by atoms with Crippen LogP contribution in [0.1, 0.15) is 45.9 Å². The van der Waals surface area contributed by atoms with E-state index in [2.05, 4.69) is 42.1 Å². The summed E-state index contributed by atoms with van der Waals surface area (Å²) in [5, 5.41) is 4.64. The Kier molecular flexibility index (Phi) is 6.57. The zero-order chi connectivity index (χ0) is 14.3. The van der Waals surface area contributed by atoms with Crippen LogP contribution in [0.3, 0.4) is 0 Å². The Morgan fingerprint density at radius 3 is 2.58 bits per heavy atom. The molecule has 2 aromatic rings. The van der Waals surface area contributed by atoms with Gasteiger partial charge in [0.15, 0.2) is 0 Å². The van der Waals surface area contributed by atoms with Crippen molar-refractivity contribution < 1.29 is 0 Å². The fourth-order valence-electron chi connectivity index (χ4n) is 1.97. The molecule has 0 amide bonds. The van der Waals surface area contributed by atoms with Crippen molar-refractivity contribution >= 4 is 11.0 Å². The van der Waals surface area contributed by atoms with Gasteiger partial charge in [-0.2, -0.15) is 0 Å². The molecule has 0 aliphatic carbocycles. The Bertz CT molecular complexity index is 483. The van der Waals surface area contributed by atoms with Gasteiger partial charge in [0.2, 0.25) is 0 Å². The number of fused-ring (bicyclic) bond motifs is 3. The molecule has 3 nitrogen and oxygen atoms in total. The summed E-state index contributed by atoms with van der Waals surface area (Å²) in [4.78, 5) is 7.67. The van der Waals surface area contributed by atoms with Crippen molar-refractivity contribution in [2.24, 2.45) is 5.92 Å². The number of aromatic nitrogens is 2. The molecule has 3 heteroatoms. The van der Waals surface area contributed by atoms with Gasteiger partial charge in [-0.15, -0.1) is 0 Å². The van der Waals surface area contributed by atoms with E-state index in [9.17, 15) is 0 Å². The molecule has 0 unspecified atom stereocenters. The normalized spacial score (nSPS) is 13.2. The molecule has 0 atom stereocenters. The lowest BCUT2D eigenvalue weighted by Crippen LogP contribution is -2.22. The van der Waals surface area contributed by atoms with Crippen molar-refractivity contribution in [3.63, 3.8) is 0 Å². The van der Waals surface area contributed by atoms with E-state index in [0.29, 0.717) is 0 Å². The molecule has 2 N–H and O–H groups in total. The lowest BCUT2D eigenvalue weighted by molar-refractivity contribution is 0.640. The third kappa shape index (κ3) is 4.35. The fourth-order valence-corrected chi connectivity index (χ4v) is 1.97. The number of H-pyrrole nitrogens is 1. The first-order valence-corrected chi connectivity index (χ1v) is 7.33. The van der Waals surface area contributed by atoms with Gasteiger partial charge in [-0.05, 0) is 23.6 Å². The molecule has 0 bridgehead atoms. The number of rotatable bonds is 0. The van der Waals surface area contributed by atoms with Crippen molar-refractivity contribution in [1.82, 2.24) is 15.3 Å². The third-order valence-electron chi connectivity index (χ3n) is 2.62. The summed E-state index contributed by atoms with van der Waals surface area (Å²) >= 11 is 0. The van der Waals surface area contributed by atoms with E-state index in [1.165, 1.54) is 16.6 Å². The van der Waals surface area contributed by atoms with Crippen LogP contribution in [0.5, 0.6) is 0 Å². The molecule has 1 aliphatic heterocycles. The molecule has 0 saturated heterocycles. The van der Waals surface area contributed by atoms with Gasteiger partial charge in [0.05, 0.1) is 0 Å². The summed E-state index contributed by atoms with van der Waals surface area (Å²) in [7, 11) is 0. The predicted molar refractivity (Wildman–Crippen MR) is 83.4 cm³/mol. The highest BCUT2D eigenvalue weighted by Gasteiger charge is 2.14. The minimum atomic E-state index is 0.833. The zero-order valence-corrected chi connectivity index (χ0v) is 12.9. The summed E-state index contributed by atoms with van der Waals surface area (Å²) in [6, 6.07) is 4.12. The molecule has 0 saturated carbocycles. The SMILES string of the molecule is CC.CC(C)C.c1cnc2[nH]c3c(c2c1)CNCC3. The van der Waals surface area contributed by atoms with E-state index < -0.39 is 0 Å². The molecule has 19 heavy (non-hydrogen) atoms. The lowest BCUT2D eigenvalue weighted by Gasteiger charge is -2.12. The van der Waals surface area contributed by atoms with E-state index >= 15 is 0 Å². The van der Waals surface area contributed by atoms with Crippen LogP contribution in [0.15, 0.2) is 18.3 Å². The van der Waals surface area contributed by atoms with Crippen LogP contribution in [0.4, 0.5) is 0 Å². The number of pyridine rings is 1. The van der Waals surface area contributed by atoms with E-state index in [0.717, 1.165) is 31.1 Å². The van der Waals surface area contributed by atoms with Gasteiger partial charge >= 0.3 is 0 Å². The summed E-state index contributed by atoms with van der Waals surface area (Å²) in [5.41, 5.74) is 3.78. The first-order chi connectivity index (χ1) is 9.18. The third-order valence-corrected chi connectivity index (χ3v) is 2.62. The van der Waals surface area contributed by atoms with Crippen molar-refractivity contribution in [2.75, 3.05) is 6.54 Å². The molecule has 0 radical (unpaired) electrons. The Hall–Kier alpha value is -1.35. The molecule has 3 heterocycles. The first kappa shape index (κ1) is 15.7. The number of hydrogen-bond acceptors (Lipinski definition) is 2. The molecule has 0 aromatic carbocycles. The highest BCUT2D eigenvalue weighted by atomic mass is 14.9. The average molecular weight is 261 g/mol. The number of nitrogens with zero attached hydrogens (tertiary/aromatic N) is 1. The van der Waals surface area contributed by atoms with E-state index in [4.69, 9.17) is 0 Å². The quantitative estimate of drug-likeness (QED) is 0.755. The van der Waals surface area contributed by atoms with Crippen LogP contribution in [0, 0.1) is 5.92 Å². The maximum absolute atomic E-state index is 4.30. The maximum atomic E-state index is 4.30. The smallest absolute Gasteiger partial charge is 0.137 e. The second kappa shape index (κ2) is 7.95. The highest BCUT2D eigenvalue weighted by Crippen LogP contribution is 2.22. The van der Waals surface area contributed by atoms with Crippen LogP contribution >= 0.6 is 0 Å². The van der Waals surface area contributed by atoms with Gasteiger partial charge in [-0.1, -0.05) is 34.6 Å². The maximum Gasteiger partial charge on any atom is 0.137 e. The summed E-state index contributed by atoms with van der Waals surface area (Å²) in [6.45, 7) is 12.5. The minimum absolute atomic E-state index is 0.833. The van der Waals surface area contributed by atoms with Crippen LogP contribution in [0.2, 0.25) is 0 Å². The minimum Gasteiger partial charge on any atom is -0.343 e. The highest BCUT2D eigenvalue weighted by molar-refractivity contribution is 5.81. The Morgan fingerprint density at radius 2 is 1.89 bits per heavy atom. The summed E-state index contributed by atoms with van der Waals surface area (Å²) in [6.07, 6.45) is 2.92. The van der Waals surface area contributed by atoms with Crippen LogP contribution in [-0.4, -0.2) is 16.5 Å². The first-order valence-electron chi connectivity index (χ1n) is 7.33. The molecule has 2 aromatic heterocycles. The fraction of sp³-hybridized carbons (Fsp3) is 0.562. The number of hydrogen-bond donors (Lipinski definition) is 2. The zero-order valence-electron chi connectivity index (χ0n) is 12.9. The van der Waals surface area contributed by atoms with E-state index in [1.807, 2.05) is 26.1 Å². The molecule has 3 rings (SSSR count). The van der Waals surface area contributed by atoms with Crippen LogP contribution < -0.4 is 5.32 Å². The second-order valence-electron chi connectivity index (χ2n) is 5.14. The van der Waals surface area contributed by atoms with Crippen molar-refractivity contribution in [1.29, 1.82) is 0 Å². The lowest BCUT2D eigenvalue weighted by atomic mass is 10.1. The van der Waals surface area contributed by atoms with Crippen molar-refractivity contribution in [3.05, 3.63) is 29.6 Å². The molecule has 0 spiro atoms. The van der Waals surface area contributed by atoms with Crippen LogP contribution in [-0.2, 0) is 13.0 Å². The van der Waals surface area contributed by atoms with Gasteiger partial charge in [0, 0.05) is 36.8 Å². The molecule has 0 fully saturated rings. The number of aromatic amines is 1. The molecule has 1 aliphatic rings. The van der Waals surface area contributed by atoms with Gasteiger partial charge in [-0.25, -0.2) is 4.98 Å². The number of nitrogens with one attached hydrogen (secondary N) is 2. The monoisotopic (exact) mass is 261 g/mol. The largest absolute Gasteiger partial charge is 0.343 e. The van der Waals surface area contributed by atoms with Crippen LogP contribution in [0.25, 0.3) is 11.0 Å². The average Bonchev–Trinajstić information content (AvgIpc) is 2.79. The topological polar surface area (TPSA) is 40.7 Å². The van der Waals surface area contributed by atoms with E-state index in [-0.39, 0.29) is 0 Å². The summed E-state index contributed by atoms with van der Waals surface area (Å²) in [5.74, 6) is 0.833. The Morgan fingerprint density at radius 1 is 1.21 bits per heavy atom.